The lowest BCUT2D eigenvalue weighted by molar-refractivity contribution is 0.508. The Balaban J connectivity index is 1.72. The van der Waals surface area contributed by atoms with Crippen LogP contribution in [-0.2, 0) is 0 Å². The normalized spacial score (nSPS) is 12.7. The van der Waals surface area contributed by atoms with Crippen LogP contribution in [0, 0.1) is 5.92 Å². The molecular weight excluding hydrogens is 368 g/mol. The first-order valence-electron chi connectivity index (χ1n) is 10.5. The van der Waals surface area contributed by atoms with Crippen molar-refractivity contribution < 1.29 is 4.42 Å². The maximum atomic E-state index is 6.13. The highest BCUT2D eigenvalue weighted by Gasteiger charge is 2.21. The maximum Gasteiger partial charge on any atom is 0.231 e. The number of fused-ring (bicyclic) bond motifs is 3. The topological polar surface area (TPSA) is 38.9 Å². The molecule has 0 spiro atoms. The third-order valence-corrected chi connectivity index (χ3v) is 5.93. The fraction of sp³-hybridized carbons (Fsp3) is 0.185. The van der Waals surface area contributed by atoms with Gasteiger partial charge in [0.1, 0.15) is 11.4 Å². The number of hydrogen-bond donors (Lipinski definition) is 0. The summed E-state index contributed by atoms with van der Waals surface area (Å²) in [5, 5.41) is 2.04. The Morgan fingerprint density at radius 3 is 2.03 bits per heavy atom. The summed E-state index contributed by atoms with van der Waals surface area (Å²) in [6.45, 7) is 6.58. The summed E-state index contributed by atoms with van der Waals surface area (Å²) in [4.78, 5) is 9.85. The van der Waals surface area contributed by atoms with Crippen molar-refractivity contribution in [2.24, 2.45) is 5.92 Å². The fourth-order valence-corrected chi connectivity index (χ4v) is 3.80. The molecule has 3 heteroatoms. The van der Waals surface area contributed by atoms with E-state index in [-0.39, 0.29) is 5.92 Å². The minimum atomic E-state index is 0.241. The SMILES string of the molecule is CC(C)C(C)c1nc(-c2ccc(-c3ccccc3)cc2)c2c(n1)oc1ccccc12. The Morgan fingerprint density at radius 2 is 1.30 bits per heavy atom. The Kier molecular flexibility index (Phi) is 4.59. The Morgan fingerprint density at radius 1 is 0.667 bits per heavy atom. The second-order valence-electron chi connectivity index (χ2n) is 8.18. The third kappa shape index (κ3) is 3.17. The van der Waals surface area contributed by atoms with Gasteiger partial charge in [0.2, 0.25) is 5.71 Å². The van der Waals surface area contributed by atoms with E-state index in [4.69, 9.17) is 14.4 Å². The highest BCUT2D eigenvalue weighted by Crippen LogP contribution is 2.36. The molecule has 0 aliphatic rings. The predicted octanol–water partition coefficient (Wildman–Crippen LogP) is 7.47. The van der Waals surface area contributed by atoms with Crippen LogP contribution < -0.4 is 0 Å². The molecule has 0 fully saturated rings. The second-order valence-corrected chi connectivity index (χ2v) is 8.18. The van der Waals surface area contributed by atoms with E-state index in [9.17, 15) is 0 Å². The lowest BCUT2D eigenvalue weighted by atomic mass is 9.96. The lowest BCUT2D eigenvalue weighted by Crippen LogP contribution is -2.08. The van der Waals surface area contributed by atoms with Gasteiger partial charge in [-0.2, -0.15) is 4.98 Å². The van der Waals surface area contributed by atoms with E-state index >= 15 is 0 Å². The van der Waals surface area contributed by atoms with Crippen LogP contribution in [0.25, 0.3) is 44.5 Å². The molecule has 2 aromatic heterocycles. The van der Waals surface area contributed by atoms with Gasteiger partial charge in [0, 0.05) is 16.9 Å². The van der Waals surface area contributed by atoms with Crippen molar-refractivity contribution in [3.63, 3.8) is 0 Å². The average Bonchev–Trinajstić information content (AvgIpc) is 3.17. The van der Waals surface area contributed by atoms with Gasteiger partial charge in [-0.25, -0.2) is 4.98 Å². The zero-order valence-corrected chi connectivity index (χ0v) is 17.5. The Bertz CT molecular complexity index is 1320. The number of aromatic nitrogens is 2. The average molecular weight is 393 g/mol. The summed E-state index contributed by atoms with van der Waals surface area (Å²) in [6, 6.07) is 27.1. The van der Waals surface area contributed by atoms with Gasteiger partial charge < -0.3 is 4.42 Å². The van der Waals surface area contributed by atoms with Crippen LogP contribution in [0.5, 0.6) is 0 Å². The van der Waals surface area contributed by atoms with Crippen molar-refractivity contribution in [2.45, 2.75) is 26.7 Å². The molecular formula is C27H24N2O. The molecule has 0 aliphatic heterocycles. The van der Waals surface area contributed by atoms with Crippen molar-refractivity contribution in [1.82, 2.24) is 9.97 Å². The van der Waals surface area contributed by atoms with Crippen LogP contribution in [-0.4, -0.2) is 9.97 Å². The molecule has 1 atom stereocenters. The van der Waals surface area contributed by atoms with Gasteiger partial charge in [-0.1, -0.05) is 93.6 Å². The number of benzene rings is 3. The summed E-state index contributed by atoms with van der Waals surface area (Å²) >= 11 is 0. The van der Waals surface area contributed by atoms with Gasteiger partial charge >= 0.3 is 0 Å². The van der Waals surface area contributed by atoms with Crippen molar-refractivity contribution in [1.29, 1.82) is 0 Å². The molecule has 3 nitrogen and oxygen atoms in total. The van der Waals surface area contributed by atoms with Gasteiger partial charge in [0.15, 0.2) is 0 Å². The number of rotatable bonds is 4. The van der Waals surface area contributed by atoms with Crippen molar-refractivity contribution in [3.05, 3.63) is 84.7 Å². The molecule has 0 saturated heterocycles. The van der Waals surface area contributed by atoms with E-state index in [0.29, 0.717) is 11.6 Å². The maximum absolute atomic E-state index is 6.13. The molecule has 30 heavy (non-hydrogen) atoms. The molecule has 0 saturated carbocycles. The number of furan rings is 1. The monoisotopic (exact) mass is 392 g/mol. The van der Waals surface area contributed by atoms with Crippen LogP contribution in [0.3, 0.4) is 0 Å². The first kappa shape index (κ1) is 18.6. The summed E-state index contributed by atoms with van der Waals surface area (Å²) < 4.78 is 6.13. The van der Waals surface area contributed by atoms with Crippen molar-refractivity contribution in [2.75, 3.05) is 0 Å². The van der Waals surface area contributed by atoms with Crippen LogP contribution in [0.2, 0.25) is 0 Å². The van der Waals surface area contributed by atoms with Crippen LogP contribution in [0.15, 0.2) is 83.3 Å². The zero-order chi connectivity index (χ0) is 20.7. The van der Waals surface area contributed by atoms with E-state index in [0.717, 1.165) is 33.4 Å². The first-order valence-corrected chi connectivity index (χ1v) is 10.5. The van der Waals surface area contributed by atoms with Gasteiger partial charge in [-0.3, -0.25) is 0 Å². The molecule has 5 aromatic rings. The van der Waals surface area contributed by atoms with E-state index < -0.39 is 0 Å². The summed E-state index contributed by atoms with van der Waals surface area (Å²) in [5.41, 5.74) is 5.92. The van der Waals surface area contributed by atoms with Crippen LogP contribution in [0.1, 0.15) is 32.5 Å². The number of hydrogen-bond acceptors (Lipinski definition) is 3. The molecule has 0 radical (unpaired) electrons. The fourth-order valence-electron chi connectivity index (χ4n) is 3.80. The number of nitrogens with zero attached hydrogens (tertiary/aromatic N) is 2. The molecule has 2 heterocycles. The Hall–Kier alpha value is -3.46. The molecule has 0 bridgehead atoms. The molecule has 0 amide bonds. The molecule has 148 valence electrons. The smallest absolute Gasteiger partial charge is 0.231 e. The summed E-state index contributed by atoms with van der Waals surface area (Å²) in [6.07, 6.45) is 0. The van der Waals surface area contributed by atoms with E-state index in [2.05, 4.69) is 75.4 Å². The largest absolute Gasteiger partial charge is 0.438 e. The molecule has 3 aromatic carbocycles. The quantitative estimate of drug-likeness (QED) is 0.318. The predicted molar refractivity (Wildman–Crippen MR) is 123 cm³/mol. The first-order chi connectivity index (χ1) is 14.6. The zero-order valence-electron chi connectivity index (χ0n) is 17.5. The highest BCUT2D eigenvalue weighted by atomic mass is 16.3. The standard InChI is InChI=1S/C27H24N2O/c1-17(2)18(3)26-28-25(24-22-11-7-8-12-23(22)30-27(24)29-26)21-15-13-20(14-16-21)19-9-5-4-6-10-19/h4-18H,1-3H3. The van der Waals surface area contributed by atoms with Crippen molar-refractivity contribution >= 4 is 22.1 Å². The van der Waals surface area contributed by atoms with Gasteiger partial charge in [0.25, 0.3) is 0 Å². The molecule has 1 unspecified atom stereocenters. The summed E-state index contributed by atoms with van der Waals surface area (Å²) in [5.74, 6) is 1.52. The lowest BCUT2D eigenvalue weighted by Gasteiger charge is -2.15. The third-order valence-electron chi connectivity index (χ3n) is 5.93. The van der Waals surface area contributed by atoms with E-state index in [1.165, 1.54) is 11.1 Å². The highest BCUT2D eigenvalue weighted by molar-refractivity contribution is 6.10. The molecule has 5 rings (SSSR count). The second kappa shape index (κ2) is 7.42. The molecule has 0 aliphatic carbocycles. The van der Waals surface area contributed by atoms with Crippen molar-refractivity contribution in [3.8, 4) is 22.4 Å². The van der Waals surface area contributed by atoms with Crippen LogP contribution in [0.4, 0.5) is 0 Å². The van der Waals surface area contributed by atoms with Crippen LogP contribution >= 0.6 is 0 Å². The molecule has 0 N–H and O–H groups in total. The van der Waals surface area contributed by atoms with Gasteiger partial charge in [-0.05, 0) is 23.1 Å². The summed E-state index contributed by atoms with van der Waals surface area (Å²) in [7, 11) is 0. The minimum Gasteiger partial charge on any atom is -0.438 e. The van der Waals surface area contributed by atoms with E-state index in [1.807, 2.05) is 24.3 Å². The Labute approximate surface area is 176 Å². The number of para-hydroxylation sites is 1. The van der Waals surface area contributed by atoms with Gasteiger partial charge in [0.05, 0.1) is 11.1 Å². The van der Waals surface area contributed by atoms with Gasteiger partial charge in [-0.15, -0.1) is 0 Å². The minimum absolute atomic E-state index is 0.241. The van der Waals surface area contributed by atoms with E-state index in [1.54, 1.807) is 0 Å².